The number of rotatable bonds is 6. The molecule has 1 fully saturated rings. The van der Waals surface area contributed by atoms with Crippen LogP contribution in [-0.4, -0.2) is 24.4 Å². The van der Waals surface area contributed by atoms with E-state index in [-0.39, 0.29) is 17.9 Å². The zero-order valence-electron chi connectivity index (χ0n) is 10.8. The van der Waals surface area contributed by atoms with E-state index < -0.39 is 6.04 Å². The molecule has 1 aliphatic carbocycles. The van der Waals surface area contributed by atoms with Gasteiger partial charge in [0.25, 0.3) is 0 Å². The van der Waals surface area contributed by atoms with Crippen molar-refractivity contribution < 1.29 is 9.59 Å². The third kappa shape index (κ3) is 4.36. The Hall–Kier alpha value is -1.06. The number of carbonyl (C=O) groups excluding carboxylic acids is 2. The van der Waals surface area contributed by atoms with E-state index in [2.05, 4.69) is 10.6 Å². The van der Waals surface area contributed by atoms with E-state index in [1.807, 2.05) is 13.8 Å². The third-order valence-corrected chi connectivity index (χ3v) is 3.66. The van der Waals surface area contributed by atoms with Crippen LogP contribution >= 0.6 is 0 Å². The fraction of sp³-hybridized carbons (Fsp3) is 0.846. The first-order valence-electron chi connectivity index (χ1n) is 6.62. The zero-order chi connectivity index (χ0) is 12.7. The van der Waals surface area contributed by atoms with Crippen molar-refractivity contribution in [2.24, 2.45) is 5.92 Å². The van der Waals surface area contributed by atoms with Crippen LogP contribution in [-0.2, 0) is 9.59 Å². The molecule has 17 heavy (non-hydrogen) atoms. The highest BCUT2D eigenvalue weighted by Crippen LogP contribution is 2.18. The minimum Gasteiger partial charge on any atom is -0.352 e. The SMILES string of the molecule is CCC(C)C(N[C]=O)C(=O)NC1CCCCC1. The quantitative estimate of drug-likeness (QED) is 0.690. The molecule has 4 heteroatoms. The number of hydrogen-bond donors (Lipinski definition) is 2. The van der Waals surface area contributed by atoms with Crippen LogP contribution in [0.2, 0.25) is 0 Å². The summed E-state index contributed by atoms with van der Waals surface area (Å²) in [5, 5.41) is 5.54. The van der Waals surface area contributed by atoms with E-state index in [4.69, 9.17) is 0 Å². The van der Waals surface area contributed by atoms with Gasteiger partial charge in [0.05, 0.1) is 0 Å². The van der Waals surface area contributed by atoms with Gasteiger partial charge in [-0.3, -0.25) is 9.59 Å². The number of nitrogens with one attached hydrogen (secondary N) is 2. The fourth-order valence-corrected chi connectivity index (χ4v) is 2.30. The van der Waals surface area contributed by atoms with Gasteiger partial charge in [0.15, 0.2) is 0 Å². The average Bonchev–Trinajstić information content (AvgIpc) is 2.36. The molecule has 0 aliphatic heterocycles. The maximum absolute atomic E-state index is 12.0. The summed E-state index contributed by atoms with van der Waals surface area (Å²) in [5.74, 6) is 0.0784. The lowest BCUT2D eigenvalue weighted by molar-refractivity contribution is -0.124. The molecule has 2 unspecified atom stereocenters. The second-order valence-corrected chi connectivity index (χ2v) is 4.95. The predicted octanol–water partition coefficient (Wildman–Crippen LogP) is 1.51. The number of carbonyl (C=O) groups is 1. The molecular weight excluding hydrogens is 216 g/mol. The van der Waals surface area contributed by atoms with Crippen LogP contribution < -0.4 is 10.6 Å². The molecule has 1 rings (SSSR count). The highest BCUT2D eigenvalue weighted by atomic mass is 16.2. The summed E-state index contributed by atoms with van der Waals surface area (Å²) in [6.45, 7) is 3.98. The normalized spacial score (nSPS) is 20.4. The van der Waals surface area contributed by atoms with Crippen molar-refractivity contribution >= 4 is 12.3 Å². The summed E-state index contributed by atoms with van der Waals surface area (Å²) >= 11 is 0. The first kappa shape index (κ1) is 14.0. The van der Waals surface area contributed by atoms with Crippen LogP contribution in [0.3, 0.4) is 0 Å². The lowest BCUT2D eigenvalue weighted by Crippen LogP contribution is -2.50. The molecule has 0 saturated heterocycles. The smallest absolute Gasteiger partial charge is 0.309 e. The van der Waals surface area contributed by atoms with Gasteiger partial charge in [-0.2, -0.15) is 0 Å². The Morgan fingerprint density at radius 2 is 2.00 bits per heavy atom. The summed E-state index contributed by atoms with van der Waals surface area (Å²) in [5.41, 5.74) is 0. The van der Waals surface area contributed by atoms with Crippen molar-refractivity contribution in [2.45, 2.75) is 64.5 Å². The van der Waals surface area contributed by atoms with E-state index in [1.54, 1.807) is 6.41 Å². The van der Waals surface area contributed by atoms with Gasteiger partial charge >= 0.3 is 6.41 Å². The van der Waals surface area contributed by atoms with Crippen molar-refractivity contribution in [3.05, 3.63) is 0 Å². The molecule has 1 aliphatic rings. The van der Waals surface area contributed by atoms with E-state index in [1.165, 1.54) is 19.3 Å². The molecule has 0 heterocycles. The summed E-state index contributed by atoms with van der Waals surface area (Å²) in [4.78, 5) is 22.5. The molecule has 2 amide bonds. The van der Waals surface area contributed by atoms with Gasteiger partial charge in [-0.15, -0.1) is 0 Å². The Morgan fingerprint density at radius 3 is 2.53 bits per heavy atom. The number of hydrogen-bond acceptors (Lipinski definition) is 2. The van der Waals surface area contributed by atoms with Crippen molar-refractivity contribution in [2.75, 3.05) is 0 Å². The van der Waals surface area contributed by atoms with Crippen LogP contribution in [0.15, 0.2) is 0 Å². The third-order valence-electron chi connectivity index (χ3n) is 3.66. The van der Waals surface area contributed by atoms with E-state index in [0.29, 0.717) is 0 Å². The topological polar surface area (TPSA) is 58.2 Å². The predicted molar refractivity (Wildman–Crippen MR) is 67.1 cm³/mol. The van der Waals surface area contributed by atoms with Crippen LogP contribution in [0.25, 0.3) is 0 Å². The van der Waals surface area contributed by atoms with Gasteiger partial charge in [0.2, 0.25) is 5.91 Å². The first-order chi connectivity index (χ1) is 8.19. The van der Waals surface area contributed by atoms with Gasteiger partial charge in [-0.25, -0.2) is 0 Å². The largest absolute Gasteiger partial charge is 0.352 e. The minimum absolute atomic E-state index is 0.0606. The Labute approximate surface area is 104 Å². The Kier molecular flexibility index (Phi) is 6.01. The summed E-state index contributed by atoms with van der Waals surface area (Å²) in [6, 6.07) is -0.157. The first-order valence-corrected chi connectivity index (χ1v) is 6.62. The lowest BCUT2D eigenvalue weighted by atomic mass is 9.94. The Morgan fingerprint density at radius 1 is 1.35 bits per heavy atom. The maximum atomic E-state index is 12.0. The van der Waals surface area contributed by atoms with Gasteiger partial charge < -0.3 is 10.6 Å². The number of amides is 2. The van der Waals surface area contributed by atoms with Gasteiger partial charge in [-0.1, -0.05) is 39.5 Å². The average molecular weight is 239 g/mol. The highest BCUT2D eigenvalue weighted by molar-refractivity contribution is 5.84. The molecule has 0 aromatic heterocycles. The van der Waals surface area contributed by atoms with E-state index in [0.717, 1.165) is 19.3 Å². The van der Waals surface area contributed by atoms with Crippen LogP contribution in [0, 0.1) is 5.92 Å². The summed E-state index contributed by atoms with van der Waals surface area (Å²) < 4.78 is 0. The molecule has 2 N–H and O–H groups in total. The van der Waals surface area contributed by atoms with Crippen LogP contribution in [0.5, 0.6) is 0 Å². The monoisotopic (exact) mass is 239 g/mol. The Balaban J connectivity index is 2.48. The van der Waals surface area contributed by atoms with Crippen LogP contribution in [0.1, 0.15) is 52.4 Å². The zero-order valence-corrected chi connectivity index (χ0v) is 10.8. The lowest BCUT2D eigenvalue weighted by Gasteiger charge is -2.27. The second kappa shape index (κ2) is 7.30. The highest BCUT2D eigenvalue weighted by Gasteiger charge is 2.26. The second-order valence-electron chi connectivity index (χ2n) is 4.95. The molecule has 4 nitrogen and oxygen atoms in total. The van der Waals surface area contributed by atoms with Crippen LogP contribution in [0.4, 0.5) is 0 Å². The van der Waals surface area contributed by atoms with Gasteiger partial charge in [0.1, 0.15) is 6.04 Å². The van der Waals surface area contributed by atoms with Crippen molar-refractivity contribution in [1.82, 2.24) is 10.6 Å². The molecule has 0 aromatic rings. The summed E-state index contributed by atoms with van der Waals surface area (Å²) in [7, 11) is 0. The molecule has 0 bridgehead atoms. The van der Waals surface area contributed by atoms with Gasteiger partial charge in [-0.05, 0) is 18.8 Å². The molecule has 2 atom stereocenters. The summed E-state index contributed by atoms with van der Waals surface area (Å²) in [6.07, 6.45) is 8.26. The Bertz CT molecular complexity index is 250. The standard InChI is InChI=1S/C13H23N2O2/c1-3-10(2)12(14-9-16)13(17)15-11-7-5-4-6-8-11/h10-12H,3-8H2,1-2H3,(H,14,16)(H,15,17). The molecular formula is C13H23N2O2. The van der Waals surface area contributed by atoms with Crippen molar-refractivity contribution in [3.63, 3.8) is 0 Å². The van der Waals surface area contributed by atoms with E-state index >= 15 is 0 Å². The minimum atomic E-state index is -0.445. The maximum Gasteiger partial charge on any atom is 0.309 e. The van der Waals surface area contributed by atoms with Crippen molar-refractivity contribution in [1.29, 1.82) is 0 Å². The van der Waals surface area contributed by atoms with E-state index in [9.17, 15) is 9.59 Å². The molecule has 1 radical (unpaired) electrons. The molecule has 0 aromatic carbocycles. The fourth-order valence-electron chi connectivity index (χ4n) is 2.30. The molecule has 1 saturated carbocycles. The van der Waals surface area contributed by atoms with Gasteiger partial charge in [0, 0.05) is 6.04 Å². The molecule has 0 spiro atoms. The molecule has 97 valence electrons. The van der Waals surface area contributed by atoms with Crippen molar-refractivity contribution in [3.8, 4) is 0 Å².